The van der Waals surface area contributed by atoms with Crippen molar-refractivity contribution in [3.05, 3.63) is 33.8 Å². The van der Waals surface area contributed by atoms with Crippen LogP contribution in [-0.4, -0.2) is 49.6 Å². The van der Waals surface area contributed by atoms with Crippen LogP contribution in [0, 0.1) is 6.92 Å². The van der Waals surface area contributed by atoms with Crippen molar-refractivity contribution in [2.75, 3.05) is 39.8 Å². The van der Waals surface area contributed by atoms with Crippen molar-refractivity contribution in [2.45, 2.75) is 25.8 Å². The molecule has 0 aliphatic carbocycles. The number of nitrogens with zero attached hydrogens (tertiary/aromatic N) is 2. The SMILES string of the molecule is Cc1ccc(C(CN)N(C)CCN2CCCC2)c(Br)c1. The standard InChI is InChI=1S/C16H26BrN3/c1-13-5-6-14(15(17)11-13)16(12-18)19(2)9-10-20-7-3-4-8-20/h5-6,11,16H,3-4,7-10,12,18H2,1-2H3. The topological polar surface area (TPSA) is 32.5 Å². The first-order chi connectivity index (χ1) is 9.61. The molecule has 2 rings (SSSR count). The van der Waals surface area contributed by atoms with E-state index in [2.05, 4.69) is 57.9 Å². The number of rotatable bonds is 6. The number of aryl methyl sites for hydroxylation is 1. The molecule has 1 saturated heterocycles. The average Bonchev–Trinajstić information content (AvgIpc) is 2.93. The van der Waals surface area contributed by atoms with Crippen molar-refractivity contribution in [2.24, 2.45) is 5.73 Å². The number of hydrogen-bond acceptors (Lipinski definition) is 3. The van der Waals surface area contributed by atoms with Crippen LogP contribution in [0.25, 0.3) is 0 Å². The van der Waals surface area contributed by atoms with Crippen molar-refractivity contribution in [3.63, 3.8) is 0 Å². The molecule has 1 unspecified atom stereocenters. The fourth-order valence-electron chi connectivity index (χ4n) is 2.91. The summed E-state index contributed by atoms with van der Waals surface area (Å²) in [5.74, 6) is 0. The van der Waals surface area contributed by atoms with E-state index in [4.69, 9.17) is 5.73 Å². The van der Waals surface area contributed by atoms with Crippen molar-refractivity contribution in [3.8, 4) is 0 Å². The molecule has 3 nitrogen and oxygen atoms in total. The van der Waals surface area contributed by atoms with Gasteiger partial charge in [-0.25, -0.2) is 0 Å². The Kier molecular flexibility index (Phi) is 6.02. The Bertz CT molecular complexity index is 430. The fraction of sp³-hybridized carbons (Fsp3) is 0.625. The lowest BCUT2D eigenvalue weighted by Crippen LogP contribution is -2.36. The Labute approximate surface area is 131 Å². The summed E-state index contributed by atoms with van der Waals surface area (Å²) in [5.41, 5.74) is 8.59. The predicted molar refractivity (Wildman–Crippen MR) is 89.0 cm³/mol. The summed E-state index contributed by atoms with van der Waals surface area (Å²) in [6.07, 6.45) is 2.71. The highest BCUT2D eigenvalue weighted by atomic mass is 79.9. The van der Waals surface area contributed by atoms with Gasteiger partial charge in [-0.3, -0.25) is 4.90 Å². The summed E-state index contributed by atoms with van der Waals surface area (Å²) in [6, 6.07) is 6.82. The Morgan fingerprint density at radius 1 is 1.35 bits per heavy atom. The van der Waals surface area contributed by atoms with E-state index >= 15 is 0 Å². The third-order valence-electron chi connectivity index (χ3n) is 4.24. The highest BCUT2D eigenvalue weighted by molar-refractivity contribution is 9.10. The number of likely N-dealkylation sites (N-methyl/N-ethyl adjacent to an activating group) is 1. The van der Waals surface area contributed by atoms with Gasteiger partial charge in [0.2, 0.25) is 0 Å². The van der Waals surface area contributed by atoms with E-state index in [9.17, 15) is 0 Å². The van der Waals surface area contributed by atoms with Gasteiger partial charge in [-0.1, -0.05) is 28.1 Å². The first-order valence-corrected chi connectivity index (χ1v) is 8.30. The Morgan fingerprint density at radius 2 is 2.05 bits per heavy atom. The van der Waals surface area contributed by atoms with Gasteiger partial charge in [0.05, 0.1) is 0 Å². The number of likely N-dealkylation sites (tertiary alicyclic amines) is 1. The van der Waals surface area contributed by atoms with Crippen LogP contribution in [0.5, 0.6) is 0 Å². The summed E-state index contributed by atoms with van der Waals surface area (Å²) in [7, 11) is 2.18. The van der Waals surface area contributed by atoms with Crippen LogP contribution in [0.3, 0.4) is 0 Å². The number of hydrogen-bond donors (Lipinski definition) is 1. The second-order valence-corrected chi connectivity index (χ2v) is 6.66. The number of nitrogens with two attached hydrogens (primary N) is 1. The monoisotopic (exact) mass is 339 g/mol. The van der Waals surface area contributed by atoms with Gasteiger partial charge in [0.1, 0.15) is 0 Å². The van der Waals surface area contributed by atoms with Crippen LogP contribution in [-0.2, 0) is 0 Å². The molecule has 1 aliphatic heterocycles. The van der Waals surface area contributed by atoms with Crippen molar-refractivity contribution in [1.29, 1.82) is 0 Å². The normalized spacial score (nSPS) is 17.9. The maximum absolute atomic E-state index is 6.02. The third kappa shape index (κ3) is 4.04. The molecule has 0 spiro atoms. The smallest absolute Gasteiger partial charge is 0.0479 e. The molecule has 4 heteroatoms. The van der Waals surface area contributed by atoms with E-state index in [0.29, 0.717) is 6.54 Å². The number of halogens is 1. The summed E-state index contributed by atoms with van der Waals surface area (Å²) in [6.45, 7) is 7.50. The molecule has 1 fully saturated rings. The predicted octanol–water partition coefficient (Wildman–Crippen LogP) is 2.78. The lowest BCUT2D eigenvalue weighted by atomic mass is 10.0. The van der Waals surface area contributed by atoms with E-state index in [1.807, 2.05) is 0 Å². The van der Waals surface area contributed by atoms with Crippen molar-refractivity contribution >= 4 is 15.9 Å². The van der Waals surface area contributed by atoms with E-state index < -0.39 is 0 Å². The van der Waals surface area contributed by atoms with E-state index in [-0.39, 0.29) is 6.04 Å². The zero-order valence-corrected chi connectivity index (χ0v) is 14.2. The van der Waals surface area contributed by atoms with Gasteiger partial charge in [-0.15, -0.1) is 0 Å². The quantitative estimate of drug-likeness (QED) is 0.864. The maximum Gasteiger partial charge on any atom is 0.0479 e. The molecule has 1 aromatic carbocycles. The Morgan fingerprint density at radius 3 is 2.65 bits per heavy atom. The molecule has 1 heterocycles. The van der Waals surface area contributed by atoms with E-state index in [0.717, 1.165) is 13.1 Å². The van der Waals surface area contributed by atoms with Crippen LogP contribution in [0.4, 0.5) is 0 Å². The minimum absolute atomic E-state index is 0.285. The third-order valence-corrected chi connectivity index (χ3v) is 4.92. The lowest BCUT2D eigenvalue weighted by molar-refractivity contribution is 0.209. The van der Waals surface area contributed by atoms with E-state index in [1.54, 1.807) is 0 Å². The molecule has 0 bridgehead atoms. The van der Waals surface area contributed by atoms with E-state index in [1.165, 1.54) is 41.5 Å². The first-order valence-electron chi connectivity index (χ1n) is 7.50. The van der Waals surface area contributed by atoms with Gasteiger partial charge in [0.25, 0.3) is 0 Å². The minimum atomic E-state index is 0.285. The molecule has 0 aromatic heterocycles. The molecular weight excluding hydrogens is 314 g/mol. The van der Waals surface area contributed by atoms with Gasteiger partial charge < -0.3 is 10.6 Å². The zero-order chi connectivity index (χ0) is 14.5. The zero-order valence-electron chi connectivity index (χ0n) is 12.6. The Balaban J connectivity index is 1.98. The average molecular weight is 340 g/mol. The summed E-state index contributed by atoms with van der Waals surface area (Å²) in [4.78, 5) is 4.93. The van der Waals surface area contributed by atoms with Gasteiger partial charge >= 0.3 is 0 Å². The summed E-state index contributed by atoms with van der Waals surface area (Å²) < 4.78 is 1.17. The highest BCUT2D eigenvalue weighted by Gasteiger charge is 2.19. The van der Waals surface area contributed by atoms with Crippen LogP contribution in [0.2, 0.25) is 0 Å². The summed E-state index contributed by atoms with van der Waals surface area (Å²) in [5, 5.41) is 0. The summed E-state index contributed by atoms with van der Waals surface area (Å²) >= 11 is 3.68. The fourth-order valence-corrected chi connectivity index (χ4v) is 3.67. The van der Waals surface area contributed by atoms with Gasteiger partial charge in [-0.2, -0.15) is 0 Å². The molecule has 1 aliphatic rings. The number of benzene rings is 1. The van der Waals surface area contributed by atoms with Crippen molar-refractivity contribution < 1.29 is 0 Å². The minimum Gasteiger partial charge on any atom is -0.329 e. The highest BCUT2D eigenvalue weighted by Crippen LogP contribution is 2.27. The Hall–Kier alpha value is -0.420. The molecule has 1 aromatic rings. The molecular formula is C16H26BrN3. The van der Waals surface area contributed by atoms with Crippen LogP contribution >= 0.6 is 15.9 Å². The molecule has 1 atom stereocenters. The van der Waals surface area contributed by atoms with Gasteiger partial charge in [0.15, 0.2) is 0 Å². The first kappa shape index (κ1) is 16.0. The maximum atomic E-state index is 6.02. The van der Waals surface area contributed by atoms with Crippen LogP contribution < -0.4 is 5.73 Å². The van der Waals surface area contributed by atoms with Crippen LogP contribution in [0.1, 0.15) is 30.0 Å². The van der Waals surface area contributed by atoms with Crippen molar-refractivity contribution in [1.82, 2.24) is 9.80 Å². The second-order valence-electron chi connectivity index (χ2n) is 5.81. The molecule has 0 saturated carbocycles. The molecule has 112 valence electrons. The molecule has 2 N–H and O–H groups in total. The molecule has 0 amide bonds. The second kappa shape index (κ2) is 7.55. The molecule has 20 heavy (non-hydrogen) atoms. The van der Waals surface area contributed by atoms with Crippen LogP contribution in [0.15, 0.2) is 22.7 Å². The molecule has 0 radical (unpaired) electrons. The lowest BCUT2D eigenvalue weighted by Gasteiger charge is -2.30. The van der Waals surface area contributed by atoms with Gasteiger partial charge in [-0.05, 0) is 57.1 Å². The largest absolute Gasteiger partial charge is 0.329 e. The van der Waals surface area contributed by atoms with Gasteiger partial charge in [0, 0.05) is 30.1 Å².